The van der Waals surface area contributed by atoms with E-state index >= 15 is 0 Å². The lowest BCUT2D eigenvalue weighted by atomic mass is 9.73. The molecule has 0 aliphatic rings. The molecule has 4 aromatic rings. The Morgan fingerprint density at radius 2 is 1.46 bits per heavy atom. The van der Waals surface area contributed by atoms with E-state index < -0.39 is 0 Å². The molecule has 0 fully saturated rings. The SMILES string of the molecule is CC(C)(C)C(c1ccccc1)c1ccn2c(-c3ccccc3)ncc2c1. The molecule has 4 rings (SSSR count). The van der Waals surface area contributed by atoms with Gasteiger partial charge in [0.15, 0.2) is 0 Å². The Kier molecular flexibility index (Phi) is 4.12. The Balaban J connectivity index is 1.82. The maximum Gasteiger partial charge on any atom is 0.144 e. The molecule has 0 saturated carbocycles. The number of hydrogen-bond donors (Lipinski definition) is 0. The van der Waals surface area contributed by atoms with Crippen molar-refractivity contribution in [2.24, 2.45) is 5.41 Å². The van der Waals surface area contributed by atoms with Crippen molar-refractivity contribution in [3.05, 3.63) is 96.3 Å². The lowest BCUT2D eigenvalue weighted by Crippen LogP contribution is -2.19. The normalized spacial score (nSPS) is 13.0. The van der Waals surface area contributed by atoms with Crippen LogP contribution in [0.25, 0.3) is 16.9 Å². The molecule has 2 heteroatoms. The molecule has 0 aliphatic heterocycles. The van der Waals surface area contributed by atoms with E-state index in [4.69, 9.17) is 0 Å². The summed E-state index contributed by atoms with van der Waals surface area (Å²) in [7, 11) is 0. The predicted molar refractivity (Wildman–Crippen MR) is 108 cm³/mol. The van der Waals surface area contributed by atoms with Gasteiger partial charge in [0.05, 0.1) is 11.7 Å². The van der Waals surface area contributed by atoms with Crippen molar-refractivity contribution >= 4 is 5.52 Å². The molecule has 0 spiro atoms. The predicted octanol–water partition coefficient (Wildman–Crippen LogP) is 6.18. The maximum atomic E-state index is 4.66. The summed E-state index contributed by atoms with van der Waals surface area (Å²) in [6.45, 7) is 6.92. The smallest absolute Gasteiger partial charge is 0.144 e. The third-order valence-corrected chi connectivity index (χ3v) is 4.92. The van der Waals surface area contributed by atoms with Crippen LogP contribution in [0.1, 0.15) is 37.8 Å². The van der Waals surface area contributed by atoms with Gasteiger partial charge in [0.1, 0.15) is 5.82 Å². The van der Waals surface area contributed by atoms with Crippen molar-refractivity contribution in [2.45, 2.75) is 26.7 Å². The van der Waals surface area contributed by atoms with E-state index in [1.165, 1.54) is 11.1 Å². The third kappa shape index (κ3) is 3.03. The van der Waals surface area contributed by atoms with E-state index in [2.05, 4.69) is 103 Å². The van der Waals surface area contributed by atoms with Gasteiger partial charge in [-0.05, 0) is 28.7 Å². The molecule has 26 heavy (non-hydrogen) atoms. The molecule has 0 saturated heterocycles. The number of rotatable bonds is 3. The van der Waals surface area contributed by atoms with E-state index in [-0.39, 0.29) is 5.41 Å². The fraction of sp³-hybridized carbons (Fsp3) is 0.208. The standard InChI is InChI=1S/C24H24N2/c1-24(2,3)22(18-10-6-4-7-11-18)20-14-15-26-21(16-20)17-25-23(26)19-12-8-5-9-13-19/h4-17,22H,1-3H3. The summed E-state index contributed by atoms with van der Waals surface area (Å²) >= 11 is 0. The Morgan fingerprint density at radius 1 is 0.808 bits per heavy atom. The molecule has 0 amide bonds. The molecule has 2 aromatic heterocycles. The molecule has 2 aromatic carbocycles. The summed E-state index contributed by atoms with van der Waals surface area (Å²) in [6.07, 6.45) is 4.12. The average Bonchev–Trinajstić information content (AvgIpc) is 3.06. The minimum Gasteiger partial charge on any atom is -0.300 e. The Hall–Kier alpha value is -2.87. The molecular formula is C24H24N2. The van der Waals surface area contributed by atoms with Gasteiger partial charge in [-0.15, -0.1) is 0 Å². The first-order valence-electron chi connectivity index (χ1n) is 9.11. The molecule has 0 bridgehead atoms. The van der Waals surface area contributed by atoms with E-state index in [0.29, 0.717) is 5.92 Å². The van der Waals surface area contributed by atoms with Crippen LogP contribution in [0, 0.1) is 5.41 Å². The van der Waals surface area contributed by atoms with Crippen LogP contribution in [-0.2, 0) is 0 Å². The van der Waals surface area contributed by atoms with Gasteiger partial charge in [-0.25, -0.2) is 4.98 Å². The zero-order valence-electron chi connectivity index (χ0n) is 15.6. The lowest BCUT2D eigenvalue weighted by molar-refractivity contribution is 0.358. The lowest BCUT2D eigenvalue weighted by Gasteiger charge is -2.32. The summed E-state index contributed by atoms with van der Waals surface area (Å²) in [5, 5.41) is 0. The number of nitrogens with zero attached hydrogens (tertiary/aromatic N) is 2. The topological polar surface area (TPSA) is 17.3 Å². The Morgan fingerprint density at radius 3 is 2.12 bits per heavy atom. The van der Waals surface area contributed by atoms with Crippen molar-refractivity contribution in [1.29, 1.82) is 0 Å². The molecule has 0 aliphatic carbocycles. The fourth-order valence-corrected chi connectivity index (χ4v) is 3.84. The molecule has 1 atom stereocenters. The zero-order valence-corrected chi connectivity index (χ0v) is 15.6. The second-order valence-electron chi connectivity index (χ2n) is 7.91. The Labute approximate surface area is 155 Å². The monoisotopic (exact) mass is 340 g/mol. The quantitative estimate of drug-likeness (QED) is 0.435. The van der Waals surface area contributed by atoms with Crippen LogP contribution in [0.5, 0.6) is 0 Å². The number of pyridine rings is 1. The first kappa shape index (κ1) is 16.6. The molecule has 2 nitrogen and oxygen atoms in total. The van der Waals surface area contributed by atoms with E-state index in [0.717, 1.165) is 16.9 Å². The summed E-state index contributed by atoms with van der Waals surface area (Å²) < 4.78 is 2.17. The van der Waals surface area contributed by atoms with Gasteiger partial charge in [-0.1, -0.05) is 81.4 Å². The molecular weight excluding hydrogens is 316 g/mol. The zero-order chi connectivity index (χ0) is 18.1. The van der Waals surface area contributed by atoms with Crippen LogP contribution in [0.4, 0.5) is 0 Å². The van der Waals surface area contributed by atoms with Crippen molar-refractivity contribution in [1.82, 2.24) is 9.38 Å². The van der Waals surface area contributed by atoms with Crippen molar-refractivity contribution in [3.8, 4) is 11.4 Å². The first-order chi connectivity index (χ1) is 12.5. The van der Waals surface area contributed by atoms with E-state index in [1.807, 2.05) is 12.3 Å². The highest BCUT2D eigenvalue weighted by Crippen LogP contribution is 2.40. The molecule has 1 unspecified atom stereocenters. The van der Waals surface area contributed by atoms with Crippen LogP contribution in [0.3, 0.4) is 0 Å². The van der Waals surface area contributed by atoms with Gasteiger partial charge >= 0.3 is 0 Å². The summed E-state index contributed by atoms with van der Waals surface area (Å²) in [6, 6.07) is 25.6. The van der Waals surface area contributed by atoms with Gasteiger partial charge in [0.2, 0.25) is 0 Å². The minimum atomic E-state index is 0.127. The second-order valence-corrected chi connectivity index (χ2v) is 7.91. The number of imidazole rings is 1. The molecule has 0 N–H and O–H groups in total. The van der Waals surface area contributed by atoms with Crippen molar-refractivity contribution in [2.75, 3.05) is 0 Å². The minimum absolute atomic E-state index is 0.127. The maximum absolute atomic E-state index is 4.66. The van der Waals surface area contributed by atoms with Gasteiger partial charge in [-0.2, -0.15) is 0 Å². The number of benzene rings is 2. The van der Waals surface area contributed by atoms with Crippen LogP contribution >= 0.6 is 0 Å². The van der Waals surface area contributed by atoms with E-state index in [9.17, 15) is 0 Å². The fourth-order valence-electron chi connectivity index (χ4n) is 3.84. The molecule has 130 valence electrons. The van der Waals surface area contributed by atoms with Crippen molar-refractivity contribution < 1.29 is 0 Å². The highest BCUT2D eigenvalue weighted by atomic mass is 15.0. The van der Waals surface area contributed by atoms with E-state index in [1.54, 1.807) is 0 Å². The summed E-state index contributed by atoms with van der Waals surface area (Å²) in [5.74, 6) is 1.32. The Bertz CT molecular complexity index is 1010. The van der Waals surface area contributed by atoms with Crippen molar-refractivity contribution in [3.63, 3.8) is 0 Å². The average molecular weight is 340 g/mol. The van der Waals surface area contributed by atoms with Gasteiger partial charge in [-0.3, -0.25) is 4.40 Å². The van der Waals surface area contributed by atoms with Crippen LogP contribution < -0.4 is 0 Å². The molecule has 0 radical (unpaired) electrons. The number of hydrogen-bond acceptors (Lipinski definition) is 1. The first-order valence-corrected chi connectivity index (χ1v) is 9.11. The summed E-state index contributed by atoms with van der Waals surface area (Å²) in [4.78, 5) is 4.66. The number of aromatic nitrogens is 2. The molecule has 2 heterocycles. The van der Waals surface area contributed by atoms with Crippen LogP contribution in [0.2, 0.25) is 0 Å². The van der Waals surface area contributed by atoms with Crippen LogP contribution in [-0.4, -0.2) is 9.38 Å². The third-order valence-electron chi connectivity index (χ3n) is 4.92. The van der Waals surface area contributed by atoms with Gasteiger partial charge in [0.25, 0.3) is 0 Å². The second kappa shape index (κ2) is 6.45. The summed E-state index contributed by atoms with van der Waals surface area (Å²) in [5.41, 5.74) is 5.08. The largest absolute Gasteiger partial charge is 0.300 e. The highest BCUT2D eigenvalue weighted by molar-refractivity contribution is 5.63. The number of fused-ring (bicyclic) bond motifs is 1. The van der Waals surface area contributed by atoms with Gasteiger partial charge < -0.3 is 0 Å². The van der Waals surface area contributed by atoms with Gasteiger partial charge in [0, 0.05) is 17.7 Å². The highest BCUT2D eigenvalue weighted by Gasteiger charge is 2.28. The van der Waals surface area contributed by atoms with Crippen LogP contribution in [0.15, 0.2) is 85.2 Å².